The third-order valence-electron chi connectivity index (χ3n) is 5.99. The van der Waals surface area contributed by atoms with Gasteiger partial charge in [-0.2, -0.15) is 0 Å². The summed E-state index contributed by atoms with van der Waals surface area (Å²) >= 11 is 0. The number of aliphatic hydroxyl groups excluding tert-OH is 2. The van der Waals surface area contributed by atoms with Crippen molar-refractivity contribution in [1.82, 2.24) is 4.90 Å². The zero-order valence-electron chi connectivity index (χ0n) is 20.0. The van der Waals surface area contributed by atoms with Crippen LogP contribution in [0.25, 0.3) is 0 Å². The molecule has 0 saturated heterocycles. The molecule has 0 radical (unpaired) electrons. The summed E-state index contributed by atoms with van der Waals surface area (Å²) in [6.45, 7) is 8.96. The maximum Gasteiger partial charge on any atom is 0.410 e. The first kappa shape index (κ1) is 27.7. The Labute approximate surface area is 187 Å². The molecule has 5 N–H and O–H groups in total. The molecule has 2 amide bonds. The number of hydrogen-bond donors (Lipinski definition) is 4. The van der Waals surface area contributed by atoms with Gasteiger partial charge in [0.2, 0.25) is 0 Å². The molecule has 0 heterocycles. The Morgan fingerprint density at radius 1 is 1.16 bits per heavy atom. The van der Waals surface area contributed by atoms with E-state index in [1.54, 1.807) is 25.7 Å². The van der Waals surface area contributed by atoms with Gasteiger partial charge < -0.3 is 30.7 Å². The first-order chi connectivity index (χ1) is 14.3. The van der Waals surface area contributed by atoms with Gasteiger partial charge in [0.1, 0.15) is 5.60 Å². The SMILES string of the molecule is CC(C)CCN(C(=O)OC(C)(C)C)[C@@H](CC1CCCCC1)[C@@H](O)C[C@](O)(CO)C(N)=O. The fraction of sp³-hybridized carbons (Fsp3) is 0.913. The van der Waals surface area contributed by atoms with Crippen LogP contribution < -0.4 is 5.73 Å². The van der Waals surface area contributed by atoms with Crippen molar-refractivity contribution in [2.45, 2.75) is 109 Å². The smallest absolute Gasteiger partial charge is 0.410 e. The highest BCUT2D eigenvalue weighted by Crippen LogP contribution is 2.32. The van der Waals surface area contributed by atoms with Crippen LogP contribution in [0.15, 0.2) is 0 Å². The van der Waals surface area contributed by atoms with E-state index in [-0.39, 0.29) is 0 Å². The normalized spacial score (nSPS) is 19.5. The molecule has 0 bridgehead atoms. The second-order valence-corrected chi connectivity index (χ2v) is 10.5. The first-order valence-electron chi connectivity index (χ1n) is 11.6. The predicted molar refractivity (Wildman–Crippen MR) is 119 cm³/mol. The van der Waals surface area contributed by atoms with Gasteiger partial charge in [-0.05, 0) is 45.4 Å². The van der Waals surface area contributed by atoms with E-state index in [4.69, 9.17) is 10.5 Å². The summed E-state index contributed by atoms with van der Waals surface area (Å²) < 4.78 is 5.63. The lowest BCUT2D eigenvalue weighted by Gasteiger charge is -2.40. The maximum atomic E-state index is 13.1. The largest absolute Gasteiger partial charge is 0.444 e. The van der Waals surface area contributed by atoms with E-state index in [1.807, 2.05) is 0 Å². The fourth-order valence-electron chi connectivity index (χ4n) is 4.09. The maximum absolute atomic E-state index is 13.1. The summed E-state index contributed by atoms with van der Waals surface area (Å²) in [5.41, 5.74) is 2.32. The van der Waals surface area contributed by atoms with Crippen molar-refractivity contribution in [3.8, 4) is 0 Å². The van der Waals surface area contributed by atoms with Crippen LogP contribution >= 0.6 is 0 Å². The number of nitrogens with two attached hydrogens (primary N) is 1. The van der Waals surface area contributed by atoms with Gasteiger partial charge in [0.05, 0.1) is 18.8 Å². The molecule has 0 spiro atoms. The molecule has 31 heavy (non-hydrogen) atoms. The molecule has 0 aromatic rings. The molecule has 1 rings (SSSR count). The van der Waals surface area contributed by atoms with Crippen LogP contribution in [0.5, 0.6) is 0 Å². The highest BCUT2D eigenvalue weighted by atomic mass is 16.6. The lowest BCUT2D eigenvalue weighted by Crippen LogP contribution is -2.55. The second kappa shape index (κ2) is 12.0. The topological polar surface area (TPSA) is 133 Å². The molecule has 0 aromatic carbocycles. The Balaban J connectivity index is 3.21. The minimum Gasteiger partial charge on any atom is -0.444 e. The number of carbonyl (C=O) groups is 2. The van der Waals surface area contributed by atoms with Crippen molar-refractivity contribution in [2.24, 2.45) is 17.6 Å². The molecule has 8 nitrogen and oxygen atoms in total. The number of hydrogen-bond acceptors (Lipinski definition) is 6. The van der Waals surface area contributed by atoms with Gasteiger partial charge in [-0.1, -0.05) is 46.0 Å². The van der Waals surface area contributed by atoms with Crippen molar-refractivity contribution in [2.75, 3.05) is 13.2 Å². The predicted octanol–water partition coefficient (Wildman–Crippen LogP) is 2.57. The lowest BCUT2D eigenvalue weighted by atomic mass is 9.81. The van der Waals surface area contributed by atoms with E-state index in [2.05, 4.69) is 13.8 Å². The van der Waals surface area contributed by atoms with Gasteiger partial charge in [-0.15, -0.1) is 0 Å². The molecule has 0 aliphatic heterocycles. The van der Waals surface area contributed by atoms with Crippen LogP contribution in [0.2, 0.25) is 0 Å². The van der Waals surface area contributed by atoms with Crippen LogP contribution in [0.3, 0.4) is 0 Å². The Kier molecular flexibility index (Phi) is 10.7. The number of amides is 2. The highest BCUT2D eigenvalue weighted by Gasteiger charge is 2.42. The van der Waals surface area contributed by atoms with Gasteiger partial charge in [0.25, 0.3) is 5.91 Å². The van der Waals surface area contributed by atoms with Crippen molar-refractivity contribution >= 4 is 12.0 Å². The minimum absolute atomic E-state index is 0.327. The van der Waals surface area contributed by atoms with Gasteiger partial charge >= 0.3 is 6.09 Å². The van der Waals surface area contributed by atoms with Crippen LogP contribution in [0, 0.1) is 11.8 Å². The summed E-state index contributed by atoms with van der Waals surface area (Å²) in [6, 6.07) is -0.658. The average molecular weight is 445 g/mol. The van der Waals surface area contributed by atoms with Gasteiger partial charge in [-0.25, -0.2) is 4.79 Å². The van der Waals surface area contributed by atoms with E-state index in [0.717, 1.165) is 25.7 Å². The standard InChI is InChI=1S/C23H44N2O6/c1-16(2)11-12-25(21(29)31-22(3,4)5)18(13-17-9-7-6-8-10-17)19(27)14-23(30,15-26)20(24)28/h16-19,26-27,30H,6-15H2,1-5H3,(H2,24,28)/t18-,19-,23-/m0/s1. The highest BCUT2D eigenvalue weighted by molar-refractivity contribution is 5.83. The number of nitrogens with zero attached hydrogens (tertiary/aromatic N) is 1. The fourth-order valence-corrected chi connectivity index (χ4v) is 4.09. The molecular weight excluding hydrogens is 400 g/mol. The van der Waals surface area contributed by atoms with Crippen molar-refractivity contribution in [3.05, 3.63) is 0 Å². The van der Waals surface area contributed by atoms with Crippen molar-refractivity contribution < 1.29 is 29.6 Å². The van der Waals surface area contributed by atoms with Gasteiger partial charge in [0.15, 0.2) is 5.60 Å². The summed E-state index contributed by atoms with van der Waals surface area (Å²) in [5, 5.41) is 31.1. The Bertz CT molecular complexity index is 571. The molecule has 0 unspecified atom stereocenters. The monoisotopic (exact) mass is 444 g/mol. The van der Waals surface area contributed by atoms with E-state index in [1.165, 1.54) is 6.42 Å². The number of aliphatic hydroxyl groups is 3. The Hall–Kier alpha value is -1.38. The molecule has 1 aliphatic rings. The zero-order chi connectivity index (χ0) is 23.8. The van der Waals surface area contributed by atoms with E-state index >= 15 is 0 Å². The number of primary amides is 1. The Morgan fingerprint density at radius 3 is 2.19 bits per heavy atom. The quantitative estimate of drug-likeness (QED) is 0.387. The molecular formula is C23H44N2O6. The number of ether oxygens (including phenoxy) is 1. The first-order valence-corrected chi connectivity index (χ1v) is 11.6. The lowest BCUT2D eigenvalue weighted by molar-refractivity contribution is -0.146. The molecule has 1 saturated carbocycles. The summed E-state index contributed by atoms with van der Waals surface area (Å²) in [4.78, 5) is 26.4. The van der Waals surface area contributed by atoms with Gasteiger partial charge in [-0.3, -0.25) is 4.79 Å². The van der Waals surface area contributed by atoms with Crippen molar-refractivity contribution in [3.63, 3.8) is 0 Å². The van der Waals surface area contributed by atoms with Crippen molar-refractivity contribution in [1.29, 1.82) is 0 Å². The second-order valence-electron chi connectivity index (χ2n) is 10.5. The zero-order valence-corrected chi connectivity index (χ0v) is 20.0. The van der Waals surface area contributed by atoms with Crippen LogP contribution in [-0.2, 0) is 9.53 Å². The van der Waals surface area contributed by atoms with E-state index in [9.17, 15) is 24.9 Å². The van der Waals surface area contributed by atoms with Crippen LogP contribution in [-0.4, -0.2) is 68.7 Å². The van der Waals surface area contributed by atoms with Crippen LogP contribution in [0.4, 0.5) is 4.79 Å². The molecule has 3 atom stereocenters. The summed E-state index contributed by atoms with van der Waals surface area (Å²) in [6.07, 6.45) is 4.44. The molecule has 182 valence electrons. The summed E-state index contributed by atoms with van der Waals surface area (Å²) in [5.74, 6) is -0.443. The Morgan fingerprint density at radius 2 is 1.74 bits per heavy atom. The molecule has 0 aromatic heterocycles. The minimum atomic E-state index is -2.25. The van der Waals surface area contributed by atoms with Gasteiger partial charge in [0, 0.05) is 13.0 Å². The summed E-state index contributed by atoms with van der Waals surface area (Å²) in [7, 11) is 0. The van der Waals surface area contributed by atoms with E-state index < -0.39 is 48.4 Å². The molecule has 1 aliphatic carbocycles. The van der Waals surface area contributed by atoms with Crippen LogP contribution in [0.1, 0.15) is 86.0 Å². The number of carbonyl (C=O) groups excluding carboxylic acids is 2. The van der Waals surface area contributed by atoms with E-state index in [0.29, 0.717) is 31.2 Å². The average Bonchev–Trinajstić information content (AvgIpc) is 2.66. The molecule has 1 fully saturated rings. The number of rotatable bonds is 11. The third-order valence-corrected chi connectivity index (χ3v) is 5.99. The molecule has 8 heteroatoms. The third kappa shape index (κ3) is 9.33.